The molecule has 0 aliphatic carbocycles. The van der Waals surface area contributed by atoms with E-state index in [1.54, 1.807) is 6.08 Å². The zero-order valence-corrected chi connectivity index (χ0v) is 11.4. The van der Waals surface area contributed by atoms with Crippen LogP contribution in [0.25, 0.3) is 6.08 Å². The first-order valence-electron chi connectivity index (χ1n) is 6.49. The highest BCUT2D eigenvalue weighted by Gasteiger charge is 1.97. The Hall–Kier alpha value is -1.69. The lowest BCUT2D eigenvalue weighted by atomic mass is 10.2. The second-order valence-corrected chi connectivity index (χ2v) is 3.86. The quantitative estimate of drug-likeness (QED) is 0.397. The molecule has 0 bridgehead atoms. The molecule has 1 rings (SSSR count). The van der Waals surface area contributed by atoms with Crippen molar-refractivity contribution in [2.24, 2.45) is 0 Å². The molecule has 0 amide bonds. The number of benzene rings is 1. The van der Waals surface area contributed by atoms with Crippen molar-refractivity contribution in [2.75, 3.05) is 39.6 Å². The summed E-state index contributed by atoms with van der Waals surface area (Å²) in [5.41, 5.74) is 0.946. The van der Waals surface area contributed by atoms with Crippen molar-refractivity contribution in [3.05, 3.63) is 42.0 Å². The van der Waals surface area contributed by atoms with Crippen LogP contribution in [0.4, 0.5) is 0 Å². The summed E-state index contributed by atoms with van der Waals surface area (Å²) in [6, 6.07) is 9.52. The van der Waals surface area contributed by atoms with Crippen LogP contribution in [0.5, 0.6) is 0 Å². The highest BCUT2D eigenvalue weighted by Crippen LogP contribution is 2.00. The molecule has 110 valence electrons. The number of carbonyl (C=O) groups excluding carboxylic acids is 1. The average Bonchev–Trinajstić information content (AvgIpc) is 2.49. The Labute approximate surface area is 118 Å². The molecule has 0 aliphatic rings. The topological polar surface area (TPSA) is 65.0 Å². The molecule has 0 saturated heterocycles. The van der Waals surface area contributed by atoms with Gasteiger partial charge in [0.05, 0.1) is 33.0 Å². The summed E-state index contributed by atoms with van der Waals surface area (Å²) in [5, 5.41) is 8.47. The molecule has 0 aliphatic heterocycles. The lowest BCUT2D eigenvalue weighted by molar-refractivity contribution is -0.139. The lowest BCUT2D eigenvalue weighted by Gasteiger charge is -2.05. The van der Waals surface area contributed by atoms with Crippen molar-refractivity contribution in [1.29, 1.82) is 0 Å². The van der Waals surface area contributed by atoms with Crippen molar-refractivity contribution in [3.63, 3.8) is 0 Å². The van der Waals surface area contributed by atoms with E-state index in [-0.39, 0.29) is 13.2 Å². The maximum Gasteiger partial charge on any atom is 0.330 e. The van der Waals surface area contributed by atoms with Gasteiger partial charge in [-0.15, -0.1) is 0 Å². The molecule has 0 heterocycles. The van der Waals surface area contributed by atoms with Crippen molar-refractivity contribution in [2.45, 2.75) is 0 Å². The first-order valence-corrected chi connectivity index (χ1v) is 6.49. The molecular weight excluding hydrogens is 260 g/mol. The molecule has 0 fully saturated rings. The van der Waals surface area contributed by atoms with E-state index in [1.165, 1.54) is 6.08 Å². The normalized spacial score (nSPS) is 10.8. The van der Waals surface area contributed by atoms with Gasteiger partial charge in [0.1, 0.15) is 6.61 Å². The zero-order valence-electron chi connectivity index (χ0n) is 11.4. The van der Waals surface area contributed by atoms with Gasteiger partial charge < -0.3 is 19.3 Å². The molecular formula is C15H20O5. The van der Waals surface area contributed by atoms with Crippen LogP contribution >= 0.6 is 0 Å². The average molecular weight is 280 g/mol. The molecule has 1 aromatic carbocycles. The molecule has 0 unspecified atom stereocenters. The second kappa shape index (κ2) is 11.2. The first kappa shape index (κ1) is 16.4. The molecule has 20 heavy (non-hydrogen) atoms. The SMILES string of the molecule is O=C(C=Cc1ccccc1)OCCOCCOCCO. The number of hydrogen-bond donors (Lipinski definition) is 1. The third-order valence-electron chi connectivity index (χ3n) is 2.29. The molecule has 0 radical (unpaired) electrons. The minimum absolute atomic E-state index is 0.00532. The largest absolute Gasteiger partial charge is 0.460 e. The summed E-state index contributed by atoms with van der Waals surface area (Å²) < 4.78 is 15.1. The Morgan fingerprint density at radius 3 is 2.35 bits per heavy atom. The van der Waals surface area contributed by atoms with Crippen LogP contribution in [0.1, 0.15) is 5.56 Å². The molecule has 5 nitrogen and oxygen atoms in total. The van der Waals surface area contributed by atoms with Crippen molar-refractivity contribution in [3.8, 4) is 0 Å². The van der Waals surface area contributed by atoms with Crippen molar-refractivity contribution >= 4 is 12.0 Å². The third-order valence-corrected chi connectivity index (χ3v) is 2.29. The van der Waals surface area contributed by atoms with Gasteiger partial charge in [0, 0.05) is 6.08 Å². The Bertz CT molecular complexity index is 389. The van der Waals surface area contributed by atoms with Gasteiger partial charge in [-0.3, -0.25) is 0 Å². The first-order chi connectivity index (χ1) is 9.83. The highest BCUT2D eigenvalue weighted by molar-refractivity contribution is 5.86. The van der Waals surface area contributed by atoms with Gasteiger partial charge in [-0.05, 0) is 11.6 Å². The fourth-order valence-corrected chi connectivity index (χ4v) is 1.36. The van der Waals surface area contributed by atoms with Crippen LogP contribution in [0.2, 0.25) is 0 Å². The zero-order chi connectivity index (χ0) is 14.5. The Morgan fingerprint density at radius 2 is 1.65 bits per heavy atom. The number of carbonyl (C=O) groups is 1. The number of hydrogen-bond acceptors (Lipinski definition) is 5. The van der Waals surface area contributed by atoms with Crippen LogP contribution in [0, 0.1) is 0 Å². The van der Waals surface area contributed by atoms with E-state index in [2.05, 4.69) is 0 Å². The third kappa shape index (κ3) is 8.42. The van der Waals surface area contributed by atoms with Gasteiger partial charge in [0.15, 0.2) is 0 Å². The Morgan fingerprint density at radius 1 is 1.00 bits per heavy atom. The van der Waals surface area contributed by atoms with Gasteiger partial charge in [0.2, 0.25) is 0 Å². The van der Waals surface area contributed by atoms with Crippen LogP contribution in [-0.4, -0.2) is 50.7 Å². The van der Waals surface area contributed by atoms with Crippen molar-refractivity contribution < 1.29 is 24.1 Å². The van der Waals surface area contributed by atoms with E-state index >= 15 is 0 Å². The fourth-order valence-electron chi connectivity index (χ4n) is 1.36. The van der Waals surface area contributed by atoms with Gasteiger partial charge in [-0.1, -0.05) is 30.3 Å². The summed E-state index contributed by atoms with van der Waals surface area (Å²) in [5.74, 6) is -0.394. The summed E-state index contributed by atoms with van der Waals surface area (Å²) in [7, 11) is 0. The summed E-state index contributed by atoms with van der Waals surface area (Å²) in [6.07, 6.45) is 3.09. The van der Waals surface area contributed by atoms with Crippen LogP contribution in [0.3, 0.4) is 0 Å². The van der Waals surface area contributed by atoms with Crippen LogP contribution < -0.4 is 0 Å². The number of aliphatic hydroxyl groups excluding tert-OH is 1. The Balaban J connectivity index is 2.02. The second-order valence-electron chi connectivity index (χ2n) is 3.86. The molecule has 0 atom stereocenters. The van der Waals surface area contributed by atoms with Gasteiger partial charge >= 0.3 is 5.97 Å². The molecule has 5 heteroatoms. The van der Waals surface area contributed by atoms with Crippen LogP contribution in [-0.2, 0) is 19.0 Å². The standard InChI is InChI=1S/C15H20O5/c16-8-9-18-10-11-19-12-13-20-15(17)7-6-14-4-2-1-3-5-14/h1-7,16H,8-13H2. The minimum atomic E-state index is -0.394. The Kier molecular flexibility index (Phi) is 9.13. The molecule has 0 aromatic heterocycles. The van der Waals surface area contributed by atoms with E-state index in [0.717, 1.165) is 5.56 Å². The summed E-state index contributed by atoms with van der Waals surface area (Å²) >= 11 is 0. The van der Waals surface area contributed by atoms with Gasteiger partial charge in [-0.2, -0.15) is 0 Å². The van der Waals surface area contributed by atoms with E-state index < -0.39 is 5.97 Å². The highest BCUT2D eigenvalue weighted by atomic mass is 16.6. The maximum atomic E-state index is 11.4. The number of ether oxygens (including phenoxy) is 3. The van der Waals surface area contributed by atoms with Crippen molar-refractivity contribution in [1.82, 2.24) is 0 Å². The number of aliphatic hydroxyl groups is 1. The number of rotatable bonds is 10. The fraction of sp³-hybridized carbons (Fsp3) is 0.400. The monoisotopic (exact) mass is 280 g/mol. The van der Waals surface area contributed by atoms with Crippen LogP contribution in [0.15, 0.2) is 36.4 Å². The minimum Gasteiger partial charge on any atom is -0.460 e. The molecule has 1 N–H and O–H groups in total. The molecule has 0 spiro atoms. The van der Waals surface area contributed by atoms with E-state index in [0.29, 0.717) is 26.4 Å². The van der Waals surface area contributed by atoms with Gasteiger partial charge in [0.25, 0.3) is 0 Å². The lowest BCUT2D eigenvalue weighted by Crippen LogP contribution is -2.12. The predicted octanol–water partition coefficient (Wildman–Crippen LogP) is 1.27. The summed E-state index contributed by atoms with van der Waals surface area (Å²) in [4.78, 5) is 11.4. The maximum absolute atomic E-state index is 11.4. The predicted molar refractivity (Wildman–Crippen MR) is 75.2 cm³/mol. The van der Waals surface area contributed by atoms with E-state index in [1.807, 2.05) is 30.3 Å². The van der Waals surface area contributed by atoms with Gasteiger partial charge in [-0.25, -0.2) is 4.79 Å². The number of esters is 1. The molecule has 0 saturated carbocycles. The van der Waals surface area contributed by atoms with E-state index in [9.17, 15) is 4.79 Å². The van der Waals surface area contributed by atoms with E-state index in [4.69, 9.17) is 19.3 Å². The molecule has 1 aromatic rings. The summed E-state index contributed by atoms with van der Waals surface area (Å²) in [6.45, 7) is 1.68. The smallest absolute Gasteiger partial charge is 0.330 e.